The second kappa shape index (κ2) is 5.89. The number of ether oxygens (including phenoxy) is 1. The summed E-state index contributed by atoms with van der Waals surface area (Å²) < 4.78 is 4.71. The quantitative estimate of drug-likeness (QED) is 0.476. The van der Waals surface area contributed by atoms with E-state index in [9.17, 15) is 20.2 Å². The number of methoxy groups -OCH3 is 1. The van der Waals surface area contributed by atoms with Gasteiger partial charge in [-0.2, -0.15) is 5.26 Å². The van der Waals surface area contributed by atoms with Gasteiger partial charge in [-0.25, -0.2) is 4.79 Å². The van der Waals surface area contributed by atoms with Crippen LogP contribution in [-0.2, 0) is 4.74 Å². The number of likely N-dealkylation sites (N-methyl/N-ethyl adjacent to an activating group) is 1. The van der Waals surface area contributed by atoms with Crippen molar-refractivity contribution in [3.63, 3.8) is 0 Å². The van der Waals surface area contributed by atoms with Crippen LogP contribution in [-0.4, -0.2) is 43.0 Å². The average molecular weight is 289 g/mol. The number of nitro groups is 1. The first-order chi connectivity index (χ1) is 9.97. The predicted molar refractivity (Wildman–Crippen MR) is 73.8 cm³/mol. The van der Waals surface area contributed by atoms with Crippen LogP contribution in [0.3, 0.4) is 0 Å². The van der Waals surface area contributed by atoms with E-state index in [0.717, 1.165) is 0 Å². The van der Waals surface area contributed by atoms with E-state index in [4.69, 9.17) is 4.74 Å². The van der Waals surface area contributed by atoms with Crippen LogP contribution >= 0.6 is 0 Å². The van der Waals surface area contributed by atoms with Crippen molar-refractivity contribution in [1.29, 1.82) is 5.26 Å². The van der Waals surface area contributed by atoms with Crippen LogP contribution in [0.1, 0.15) is 21.8 Å². The van der Waals surface area contributed by atoms with E-state index in [2.05, 4.69) is 6.07 Å². The first kappa shape index (κ1) is 14.9. The highest BCUT2D eigenvalue weighted by atomic mass is 16.6. The number of carbonyl (C=O) groups is 1. The lowest BCUT2D eigenvalue weighted by atomic mass is 9.86. The molecule has 1 aliphatic rings. The minimum atomic E-state index is -0.625. The van der Waals surface area contributed by atoms with Crippen LogP contribution in [0, 0.1) is 27.4 Å². The number of hydrogen-bond acceptors (Lipinski definition) is 6. The van der Waals surface area contributed by atoms with Crippen molar-refractivity contribution in [3.05, 3.63) is 39.4 Å². The molecule has 2 rings (SSSR count). The van der Waals surface area contributed by atoms with E-state index < -0.39 is 10.9 Å². The molecule has 0 radical (unpaired) electrons. The SMILES string of the molecule is COC(=O)c1cc([N+](=O)[O-])ccc1[C@@H]1CN(C)C[C@H]1C#N. The molecule has 0 saturated carbocycles. The smallest absolute Gasteiger partial charge is 0.338 e. The van der Waals surface area contributed by atoms with Crippen LogP contribution in [0.2, 0.25) is 0 Å². The van der Waals surface area contributed by atoms with Crippen molar-refractivity contribution in [3.8, 4) is 6.07 Å². The van der Waals surface area contributed by atoms with Crippen molar-refractivity contribution >= 4 is 11.7 Å². The normalized spacial score (nSPS) is 21.8. The van der Waals surface area contributed by atoms with Crippen molar-refractivity contribution in [2.75, 3.05) is 27.2 Å². The van der Waals surface area contributed by atoms with Gasteiger partial charge in [0, 0.05) is 31.1 Å². The molecular weight excluding hydrogens is 274 g/mol. The molecule has 0 aliphatic carbocycles. The lowest BCUT2D eigenvalue weighted by Gasteiger charge is -2.16. The Balaban J connectivity index is 2.50. The summed E-state index contributed by atoms with van der Waals surface area (Å²) in [5.41, 5.74) is 0.620. The fourth-order valence-electron chi connectivity index (χ4n) is 2.71. The zero-order chi connectivity index (χ0) is 15.6. The number of non-ortho nitro benzene ring substituents is 1. The molecule has 1 aromatic carbocycles. The van der Waals surface area contributed by atoms with Gasteiger partial charge in [0.2, 0.25) is 0 Å². The number of nitro benzene ring substituents is 1. The Kier molecular flexibility index (Phi) is 4.19. The van der Waals surface area contributed by atoms with E-state index in [1.54, 1.807) is 6.07 Å². The summed E-state index contributed by atoms with van der Waals surface area (Å²) in [6.07, 6.45) is 0. The molecule has 0 spiro atoms. The first-order valence-corrected chi connectivity index (χ1v) is 6.42. The van der Waals surface area contributed by atoms with Gasteiger partial charge in [-0.15, -0.1) is 0 Å². The van der Waals surface area contributed by atoms with Gasteiger partial charge in [0.05, 0.1) is 29.6 Å². The van der Waals surface area contributed by atoms with Crippen LogP contribution in [0.5, 0.6) is 0 Å². The van der Waals surface area contributed by atoms with Gasteiger partial charge >= 0.3 is 5.97 Å². The third kappa shape index (κ3) is 2.85. The fourth-order valence-corrected chi connectivity index (χ4v) is 2.71. The summed E-state index contributed by atoms with van der Waals surface area (Å²) in [5, 5.41) is 20.1. The Bertz CT molecular complexity index is 623. The molecule has 0 bridgehead atoms. The second-order valence-electron chi connectivity index (χ2n) is 5.08. The molecule has 1 saturated heterocycles. The molecule has 0 aromatic heterocycles. The van der Waals surface area contributed by atoms with Gasteiger partial charge in [-0.1, -0.05) is 6.07 Å². The fraction of sp³-hybridized carbons (Fsp3) is 0.429. The predicted octanol–water partition coefficient (Wildman–Crippen LogP) is 1.55. The highest BCUT2D eigenvalue weighted by Crippen LogP contribution is 2.35. The van der Waals surface area contributed by atoms with E-state index in [1.807, 2.05) is 11.9 Å². The lowest BCUT2D eigenvalue weighted by Crippen LogP contribution is -2.16. The highest BCUT2D eigenvalue weighted by Gasteiger charge is 2.35. The Morgan fingerprint density at radius 2 is 2.24 bits per heavy atom. The van der Waals surface area contributed by atoms with Crippen LogP contribution in [0.15, 0.2) is 18.2 Å². The summed E-state index contributed by atoms with van der Waals surface area (Å²) >= 11 is 0. The molecule has 110 valence electrons. The minimum absolute atomic E-state index is 0.157. The van der Waals surface area contributed by atoms with Crippen molar-refractivity contribution in [2.24, 2.45) is 5.92 Å². The molecule has 0 N–H and O–H groups in total. The molecule has 1 fully saturated rings. The molecule has 7 heteroatoms. The number of carbonyl (C=O) groups excluding carboxylic acids is 1. The maximum absolute atomic E-state index is 11.9. The van der Waals surface area contributed by atoms with Crippen LogP contribution in [0.25, 0.3) is 0 Å². The monoisotopic (exact) mass is 289 g/mol. The second-order valence-corrected chi connectivity index (χ2v) is 5.08. The van der Waals surface area contributed by atoms with Crippen molar-refractivity contribution < 1.29 is 14.5 Å². The average Bonchev–Trinajstić information content (AvgIpc) is 2.86. The number of nitriles is 1. The Morgan fingerprint density at radius 3 is 2.81 bits per heavy atom. The summed E-state index contributed by atoms with van der Waals surface area (Å²) in [7, 11) is 3.13. The number of rotatable bonds is 3. The van der Waals surface area contributed by atoms with E-state index >= 15 is 0 Å². The number of esters is 1. The van der Waals surface area contributed by atoms with E-state index in [0.29, 0.717) is 18.7 Å². The van der Waals surface area contributed by atoms with Gasteiger partial charge in [-0.3, -0.25) is 10.1 Å². The molecule has 1 aromatic rings. The van der Waals surface area contributed by atoms with E-state index in [1.165, 1.54) is 19.2 Å². The zero-order valence-electron chi connectivity index (χ0n) is 11.8. The third-order valence-corrected chi connectivity index (χ3v) is 3.72. The molecular formula is C14H15N3O4. The highest BCUT2D eigenvalue weighted by molar-refractivity contribution is 5.92. The topological polar surface area (TPSA) is 96.5 Å². The molecule has 0 unspecified atom stereocenters. The standard InChI is InChI=1S/C14H15N3O4/c1-16-7-9(6-15)13(8-16)11-4-3-10(17(19)20)5-12(11)14(18)21-2/h3-5,9,13H,7-8H2,1-2H3/t9-,13-/m1/s1. The van der Waals surface area contributed by atoms with Gasteiger partial charge in [0.1, 0.15) is 0 Å². The van der Waals surface area contributed by atoms with Crippen molar-refractivity contribution in [2.45, 2.75) is 5.92 Å². The number of likely N-dealkylation sites (tertiary alicyclic amines) is 1. The Labute approximate surface area is 121 Å². The number of nitrogens with zero attached hydrogens (tertiary/aromatic N) is 3. The van der Waals surface area contributed by atoms with Crippen molar-refractivity contribution in [1.82, 2.24) is 4.90 Å². The van der Waals surface area contributed by atoms with Gasteiger partial charge in [-0.05, 0) is 12.6 Å². The molecule has 1 heterocycles. The lowest BCUT2D eigenvalue weighted by molar-refractivity contribution is -0.384. The summed E-state index contributed by atoms with van der Waals surface area (Å²) in [6.45, 7) is 1.23. The van der Waals surface area contributed by atoms with Gasteiger partial charge in [0.15, 0.2) is 0 Å². The minimum Gasteiger partial charge on any atom is -0.465 e. The van der Waals surface area contributed by atoms with Gasteiger partial charge in [0.25, 0.3) is 5.69 Å². The first-order valence-electron chi connectivity index (χ1n) is 6.42. The van der Waals surface area contributed by atoms with Gasteiger partial charge < -0.3 is 9.64 Å². The van der Waals surface area contributed by atoms with E-state index in [-0.39, 0.29) is 23.1 Å². The molecule has 7 nitrogen and oxygen atoms in total. The largest absolute Gasteiger partial charge is 0.465 e. The maximum atomic E-state index is 11.9. The Hall–Kier alpha value is -2.46. The summed E-state index contributed by atoms with van der Waals surface area (Å²) in [4.78, 5) is 24.2. The summed E-state index contributed by atoms with van der Waals surface area (Å²) in [6, 6.07) is 6.36. The Morgan fingerprint density at radius 1 is 1.52 bits per heavy atom. The maximum Gasteiger partial charge on any atom is 0.338 e. The molecule has 2 atom stereocenters. The molecule has 0 amide bonds. The third-order valence-electron chi connectivity index (χ3n) is 3.72. The van der Waals surface area contributed by atoms with Crippen LogP contribution < -0.4 is 0 Å². The zero-order valence-corrected chi connectivity index (χ0v) is 11.8. The number of benzene rings is 1. The number of hydrogen-bond donors (Lipinski definition) is 0. The molecule has 1 aliphatic heterocycles. The summed E-state index contributed by atoms with van der Waals surface area (Å²) in [5.74, 6) is -1.03. The van der Waals surface area contributed by atoms with Crippen LogP contribution in [0.4, 0.5) is 5.69 Å². The molecule has 21 heavy (non-hydrogen) atoms.